The molecule has 678 valence electrons. The van der Waals surface area contributed by atoms with Gasteiger partial charge in [-0.15, -0.1) is 0 Å². The van der Waals surface area contributed by atoms with Crippen molar-refractivity contribution in [3.05, 3.63) is 528 Å². The van der Waals surface area contributed by atoms with Gasteiger partial charge in [-0.05, 0) is 264 Å². The van der Waals surface area contributed by atoms with Gasteiger partial charge in [0.15, 0.2) is 0 Å². The van der Waals surface area contributed by atoms with Gasteiger partial charge in [-0.2, -0.15) is 0 Å². The maximum atomic E-state index is 8.80. The minimum absolute atomic E-state index is 0.207. The summed E-state index contributed by atoms with van der Waals surface area (Å²) in [6.07, 6.45) is 0. The van der Waals surface area contributed by atoms with Crippen LogP contribution in [0.3, 0.4) is 0 Å². The molecule has 0 aliphatic heterocycles. The molecule has 31 aromatic rings. The van der Waals surface area contributed by atoms with Gasteiger partial charge in [0.05, 0.1) is 17.9 Å². The van der Waals surface area contributed by atoms with E-state index >= 15 is 0 Å². The van der Waals surface area contributed by atoms with Gasteiger partial charge in [0, 0.05) is 65.3 Å². The van der Waals surface area contributed by atoms with E-state index in [0.717, 1.165) is 143 Å². The topological polar surface area (TPSA) is 44.4 Å². The van der Waals surface area contributed by atoms with E-state index in [1.165, 1.54) is 147 Å². The van der Waals surface area contributed by atoms with E-state index in [1.807, 2.05) is 54.6 Å². The largest absolute Gasteiger partial charge is 0.456 e. The fourth-order valence-corrected chi connectivity index (χ4v) is 23.8. The van der Waals surface area contributed by atoms with Crippen LogP contribution < -0.4 is 0 Å². The highest BCUT2D eigenvalue weighted by Gasteiger charge is 2.27. The Hall–Kier alpha value is -19.3. The molecule has 27 aromatic carbocycles. The number of nitrogens with zero attached hydrogens (tertiary/aromatic N) is 1. The number of hydrogen-bond acceptors (Lipinski definition) is 3. The molecule has 0 bridgehead atoms. The predicted octanol–water partition coefficient (Wildman–Crippen LogP) is 40.4. The van der Waals surface area contributed by atoms with Gasteiger partial charge in [-0.3, -0.25) is 0 Å². The molecule has 0 unspecified atom stereocenters. The van der Waals surface area contributed by atoms with Gasteiger partial charge in [-0.1, -0.05) is 455 Å². The van der Waals surface area contributed by atoms with Crippen LogP contribution in [0.2, 0.25) is 0 Å². The number of hydrogen-bond donors (Lipinski definition) is 0. The van der Waals surface area contributed by atoms with Gasteiger partial charge >= 0.3 is 0 Å². The number of para-hydroxylation sites is 4. The number of rotatable bonds is 10. The molecule has 0 atom stereocenters. The lowest BCUT2D eigenvalue weighted by Crippen LogP contribution is -1.93. The molecule has 4 aromatic heterocycles. The highest BCUT2D eigenvalue weighted by molar-refractivity contribution is 6.28. The lowest BCUT2D eigenvalue weighted by molar-refractivity contribution is 0.669. The smallest absolute Gasteiger partial charge is 0.143 e. The zero-order valence-corrected chi connectivity index (χ0v) is 79.0. The average molecular weight is 1860 g/mol. The molecule has 0 aliphatic carbocycles. The van der Waals surface area contributed by atoms with E-state index in [1.54, 1.807) is 0 Å². The molecular weight excluding hydrogens is 1770 g/mol. The second kappa shape index (κ2) is 34.3. The van der Waals surface area contributed by atoms with Crippen molar-refractivity contribution in [2.45, 2.75) is 0 Å². The first-order valence-corrected chi connectivity index (χ1v) is 49.8. The molecule has 146 heavy (non-hydrogen) atoms. The minimum Gasteiger partial charge on any atom is -0.456 e. The summed E-state index contributed by atoms with van der Waals surface area (Å²) in [7, 11) is 0. The Morgan fingerprint density at radius 2 is 0.548 bits per heavy atom. The Balaban J connectivity index is 0.000000108. The second-order valence-electron chi connectivity index (χ2n) is 38.1. The zero-order valence-electron chi connectivity index (χ0n) is 84.0. The summed E-state index contributed by atoms with van der Waals surface area (Å²) in [6, 6.07) is 176. The van der Waals surface area contributed by atoms with Crippen molar-refractivity contribution >= 4 is 195 Å². The highest BCUT2D eigenvalue weighted by atomic mass is 16.3. The third-order valence-electron chi connectivity index (χ3n) is 30.1. The van der Waals surface area contributed by atoms with E-state index < -0.39 is 6.04 Å². The van der Waals surface area contributed by atoms with Crippen LogP contribution in [0.1, 0.15) is 6.85 Å². The van der Waals surface area contributed by atoms with Crippen molar-refractivity contribution in [2.75, 3.05) is 0 Å². The molecule has 4 nitrogen and oxygen atoms in total. The summed E-state index contributed by atoms with van der Waals surface area (Å²) >= 11 is 0. The molecule has 4 heterocycles. The molecule has 4 heteroatoms. The zero-order chi connectivity index (χ0) is 100. The second-order valence-corrected chi connectivity index (χ2v) is 38.1. The average Bonchev–Trinajstić information content (AvgIpc) is 1.39. The summed E-state index contributed by atoms with van der Waals surface area (Å²) in [4.78, 5) is 0. The molecule has 0 N–H and O–H groups in total. The molecular formula is C142H87NO3. The molecule has 0 saturated carbocycles. The fraction of sp³-hybridized carbons (Fsp3) is 0. The Morgan fingerprint density at radius 1 is 0.158 bits per heavy atom. The van der Waals surface area contributed by atoms with Gasteiger partial charge in [0.1, 0.15) is 33.5 Å². The SMILES string of the molecule is [2H]c1c([2H])c([2H])c(-c2c3ccccc3c(-c3ccc(-c4cccc5c4oc4cc6ccccc6cc45)cc3)c3ccccc23)c([2H])c1[2H].c1ccc(-c2c3ccccc3c(-c3cccc(-c4cccc5c4oc4c6ccccc6ccc54)c3)c3ccccc23)cc1.c1ccc2c(-c3c4ccccc4c(-c4cc(-c5cccc6oc7ccc(-n8c9ccccc9c9ccccc98)cc7c56)c5ccccc5c4)c4ccccc34)cccc2c1. The van der Waals surface area contributed by atoms with E-state index in [0.29, 0.717) is 5.56 Å². The molecule has 0 radical (unpaired) electrons. The number of furan rings is 3. The molecule has 0 aliphatic rings. The predicted molar refractivity (Wildman–Crippen MR) is 619 cm³/mol. The van der Waals surface area contributed by atoms with Gasteiger partial charge in [0.2, 0.25) is 0 Å². The first-order chi connectivity index (χ1) is 74.5. The number of fused-ring (bicyclic) bond motifs is 23. The van der Waals surface area contributed by atoms with Gasteiger partial charge < -0.3 is 17.8 Å². The van der Waals surface area contributed by atoms with Crippen LogP contribution in [0.15, 0.2) is 541 Å². The molecule has 0 fully saturated rings. The van der Waals surface area contributed by atoms with Crippen molar-refractivity contribution in [1.82, 2.24) is 4.57 Å². The quantitative estimate of drug-likeness (QED) is 0.128. The number of aromatic nitrogens is 1. The van der Waals surface area contributed by atoms with Crippen LogP contribution in [0.4, 0.5) is 0 Å². The van der Waals surface area contributed by atoms with Crippen molar-refractivity contribution < 1.29 is 20.1 Å². The maximum Gasteiger partial charge on any atom is 0.143 e. The Kier molecular flexibility index (Phi) is 18.5. The van der Waals surface area contributed by atoms with E-state index in [2.05, 4.69) is 447 Å². The van der Waals surface area contributed by atoms with Crippen LogP contribution in [0.25, 0.3) is 301 Å². The normalized spacial score (nSPS) is 12.3. The first-order valence-electron chi connectivity index (χ1n) is 52.3. The Bertz CT molecular complexity index is 10900. The summed E-state index contributed by atoms with van der Waals surface area (Å²) in [5, 5.41) is 32.3. The van der Waals surface area contributed by atoms with E-state index in [4.69, 9.17) is 20.1 Å². The van der Waals surface area contributed by atoms with Crippen LogP contribution in [0.5, 0.6) is 0 Å². The van der Waals surface area contributed by atoms with Gasteiger partial charge in [-0.25, -0.2) is 0 Å². The van der Waals surface area contributed by atoms with E-state index in [-0.39, 0.29) is 29.7 Å². The fourth-order valence-electron chi connectivity index (χ4n) is 23.8. The Labute approximate surface area is 847 Å². The van der Waals surface area contributed by atoms with Crippen LogP contribution in [-0.2, 0) is 0 Å². The summed E-state index contributed by atoms with van der Waals surface area (Å²) in [6.45, 7) is 0. The van der Waals surface area contributed by atoms with E-state index in [9.17, 15) is 0 Å². The standard InChI is InChI=1S/C58H35NO.2C42H26O/c1-3-18-40-36(15-1)17-13-26-44(40)57-47-24-7-5-22-45(47)56(46-23-6-8-25-48(46)57)38-33-37-16-2-4-19-41(37)50(34-38)49-27-14-30-55-58(49)51-35-39(31-32-54(51)60-55)59-52-28-11-9-20-42(52)43-21-10-12-29-53(43)59;1-2-13-28(14-3-1)39-33-18-6-8-20-35(33)40(36-21-9-7-19-34(36)39)30-16-10-15-29(26-30)32-22-11-23-37-38-25-24-27-12-4-5-17-31(27)41(38)43-42(32)37;1-2-11-28(12-3-1)40-33-15-6-8-17-35(33)41(36-18-9-7-16-34(36)40)29-23-21-27(22-24-29)32-19-10-20-37-38-25-30-13-4-5-14-31(30)26-39(38)43-42(32)37/h1-35H;2*1-26H/i;;1D,2D,3D,11D,12D. The van der Waals surface area contributed by atoms with Crippen molar-refractivity contribution in [2.24, 2.45) is 0 Å². The van der Waals surface area contributed by atoms with Crippen molar-refractivity contribution in [3.63, 3.8) is 0 Å². The maximum absolute atomic E-state index is 8.80. The molecule has 31 rings (SSSR count). The molecule has 0 saturated heterocycles. The molecule has 0 amide bonds. The summed E-state index contributed by atoms with van der Waals surface area (Å²) in [5.41, 5.74) is 28.3. The van der Waals surface area contributed by atoms with Crippen LogP contribution >= 0.6 is 0 Å². The summed E-state index contributed by atoms with van der Waals surface area (Å²) in [5.74, 6) is 0. The monoisotopic (exact) mass is 1860 g/mol. The lowest BCUT2D eigenvalue weighted by Gasteiger charge is -2.20. The minimum atomic E-state index is -0.397. The van der Waals surface area contributed by atoms with Crippen LogP contribution in [-0.4, -0.2) is 4.57 Å². The van der Waals surface area contributed by atoms with Crippen molar-refractivity contribution in [3.8, 4) is 106 Å². The van der Waals surface area contributed by atoms with Gasteiger partial charge in [0.25, 0.3) is 0 Å². The number of benzene rings is 27. The Morgan fingerprint density at radius 3 is 1.14 bits per heavy atom. The molecule has 0 spiro atoms. The van der Waals surface area contributed by atoms with Crippen molar-refractivity contribution in [1.29, 1.82) is 0 Å². The third-order valence-corrected chi connectivity index (χ3v) is 30.1. The summed E-state index contributed by atoms with van der Waals surface area (Å²) < 4.78 is 64.8. The van der Waals surface area contributed by atoms with Crippen LogP contribution in [0, 0.1) is 0 Å². The first kappa shape index (κ1) is 78.5. The highest BCUT2D eigenvalue weighted by Crippen LogP contribution is 2.53. The third kappa shape index (κ3) is 13.6. The lowest BCUT2D eigenvalue weighted by atomic mass is 9.83.